The second-order valence-corrected chi connectivity index (χ2v) is 11.5. The van der Waals surface area contributed by atoms with Crippen LogP contribution in [0.3, 0.4) is 0 Å². The van der Waals surface area contributed by atoms with E-state index < -0.39 is 15.4 Å². The van der Waals surface area contributed by atoms with Crippen molar-refractivity contribution in [2.24, 2.45) is 11.3 Å². The van der Waals surface area contributed by atoms with Crippen molar-refractivity contribution in [3.63, 3.8) is 0 Å². The fourth-order valence-electron chi connectivity index (χ4n) is 4.36. The summed E-state index contributed by atoms with van der Waals surface area (Å²) in [6, 6.07) is 11.1. The maximum atomic E-state index is 12.9. The van der Waals surface area contributed by atoms with Gasteiger partial charge in [0.1, 0.15) is 9.96 Å². The molecule has 0 aliphatic carbocycles. The lowest BCUT2D eigenvalue weighted by Gasteiger charge is -2.27. The van der Waals surface area contributed by atoms with Crippen molar-refractivity contribution >= 4 is 33.0 Å². The van der Waals surface area contributed by atoms with Crippen molar-refractivity contribution in [3.05, 3.63) is 46.3 Å². The van der Waals surface area contributed by atoms with Crippen molar-refractivity contribution in [2.75, 3.05) is 39.9 Å². The molecular weight excluding hydrogens is 420 g/mol. The van der Waals surface area contributed by atoms with Crippen LogP contribution < -0.4 is 4.74 Å². The Labute approximate surface area is 174 Å². The number of methoxy groups -OCH3 is 1. The summed E-state index contributed by atoms with van der Waals surface area (Å²) in [6.45, 7) is 2.91. The van der Waals surface area contributed by atoms with Gasteiger partial charge in [0.15, 0.2) is 0 Å². The van der Waals surface area contributed by atoms with E-state index in [4.69, 9.17) is 16.3 Å². The molecule has 2 fully saturated rings. The van der Waals surface area contributed by atoms with Crippen LogP contribution in [-0.4, -0.2) is 62.6 Å². The van der Waals surface area contributed by atoms with Crippen LogP contribution >= 0.6 is 22.9 Å². The Bertz CT molecular complexity index is 964. The first-order valence-corrected chi connectivity index (χ1v) is 11.7. The molecule has 2 saturated heterocycles. The number of likely N-dealkylation sites (tertiary alicyclic amines) is 1. The Morgan fingerprint density at radius 1 is 1.29 bits per heavy atom. The highest BCUT2D eigenvalue weighted by Crippen LogP contribution is 2.45. The summed E-state index contributed by atoms with van der Waals surface area (Å²) in [7, 11) is -1.92. The molecule has 2 unspecified atom stereocenters. The minimum absolute atomic E-state index is 0.0243. The summed E-state index contributed by atoms with van der Waals surface area (Å²) in [5, 5.41) is 10.2. The van der Waals surface area contributed by atoms with E-state index in [-0.39, 0.29) is 16.7 Å². The Balaban J connectivity index is 1.49. The van der Waals surface area contributed by atoms with Gasteiger partial charge in [0.25, 0.3) is 10.0 Å². The Morgan fingerprint density at radius 3 is 2.75 bits per heavy atom. The van der Waals surface area contributed by atoms with Gasteiger partial charge in [-0.25, -0.2) is 8.42 Å². The molecule has 28 heavy (non-hydrogen) atoms. The van der Waals surface area contributed by atoms with E-state index in [1.807, 2.05) is 18.2 Å². The van der Waals surface area contributed by atoms with Gasteiger partial charge in [-0.05, 0) is 35.7 Å². The molecule has 152 valence electrons. The van der Waals surface area contributed by atoms with Crippen molar-refractivity contribution in [3.8, 4) is 5.75 Å². The summed E-state index contributed by atoms with van der Waals surface area (Å²) in [5.41, 5.74) is 0.720. The molecule has 1 aromatic carbocycles. The molecule has 3 heterocycles. The van der Waals surface area contributed by atoms with Gasteiger partial charge < -0.3 is 9.84 Å². The highest BCUT2D eigenvalue weighted by Gasteiger charge is 2.54. The fraction of sp³-hybridized carbons (Fsp3) is 0.474. The van der Waals surface area contributed by atoms with Crippen LogP contribution in [0.2, 0.25) is 4.34 Å². The first-order valence-electron chi connectivity index (χ1n) is 9.08. The monoisotopic (exact) mass is 442 g/mol. The number of aliphatic hydroxyl groups is 1. The van der Waals surface area contributed by atoms with Crippen LogP contribution in [0.25, 0.3) is 0 Å². The molecular formula is C19H23ClN2O4S2. The molecule has 6 nitrogen and oxygen atoms in total. The van der Waals surface area contributed by atoms with Crippen LogP contribution in [-0.2, 0) is 16.6 Å². The molecule has 0 saturated carbocycles. The van der Waals surface area contributed by atoms with Gasteiger partial charge in [-0.3, -0.25) is 4.90 Å². The number of hydrogen-bond donors (Lipinski definition) is 1. The van der Waals surface area contributed by atoms with Gasteiger partial charge in [-0.15, -0.1) is 11.3 Å². The van der Waals surface area contributed by atoms with Crippen molar-refractivity contribution in [1.82, 2.24) is 9.21 Å². The molecule has 2 atom stereocenters. The quantitative estimate of drug-likeness (QED) is 0.744. The lowest BCUT2D eigenvalue weighted by atomic mass is 9.82. The lowest BCUT2D eigenvalue weighted by molar-refractivity contribution is 0.119. The SMILES string of the molecule is COc1cccc(CN2CC3CN(S(=O)(=O)c4ccc(Cl)s4)CC3(CO)C2)c1. The second-order valence-electron chi connectivity index (χ2n) is 7.59. The van der Waals surface area contributed by atoms with E-state index in [9.17, 15) is 13.5 Å². The predicted octanol–water partition coefficient (Wildman–Crippen LogP) is 2.53. The maximum Gasteiger partial charge on any atom is 0.252 e. The van der Waals surface area contributed by atoms with Crippen LogP contribution in [0.1, 0.15) is 5.56 Å². The maximum absolute atomic E-state index is 12.9. The number of nitrogens with zero attached hydrogens (tertiary/aromatic N) is 2. The number of ether oxygens (including phenoxy) is 1. The summed E-state index contributed by atoms with van der Waals surface area (Å²) in [5.74, 6) is 0.925. The molecule has 1 aromatic heterocycles. The van der Waals surface area contributed by atoms with E-state index in [2.05, 4.69) is 11.0 Å². The van der Waals surface area contributed by atoms with Gasteiger partial charge in [0, 0.05) is 38.1 Å². The van der Waals surface area contributed by atoms with Gasteiger partial charge in [0.05, 0.1) is 18.1 Å². The molecule has 9 heteroatoms. The Morgan fingerprint density at radius 2 is 2.11 bits per heavy atom. The van der Waals surface area contributed by atoms with Gasteiger partial charge >= 0.3 is 0 Å². The number of aliphatic hydroxyl groups excluding tert-OH is 1. The lowest BCUT2D eigenvalue weighted by Crippen LogP contribution is -2.38. The van der Waals surface area contributed by atoms with Crippen LogP contribution in [0, 0.1) is 11.3 Å². The number of rotatable bonds is 6. The van der Waals surface area contributed by atoms with Gasteiger partial charge in [0.2, 0.25) is 0 Å². The normalized spacial score (nSPS) is 25.9. The largest absolute Gasteiger partial charge is 0.497 e. The average Bonchev–Trinajstić information content (AvgIpc) is 3.34. The average molecular weight is 443 g/mol. The number of hydrogen-bond acceptors (Lipinski definition) is 6. The Kier molecular flexibility index (Phi) is 5.45. The predicted molar refractivity (Wildman–Crippen MR) is 109 cm³/mol. The Hall–Kier alpha value is -1.16. The molecule has 0 amide bonds. The third kappa shape index (κ3) is 3.58. The first-order chi connectivity index (χ1) is 13.4. The van der Waals surface area contributed by atoms with E-state index in [0.29, 0.717) is 24.0 Å². The molecule has 0 spiro atoms. The first kappa shape index (κ1) is 20.1. The molecule has 2 aromatic rings. The number of fused-ring (bicyclic) bond motifs is 1. The topological polar surface area (TPSA) is 70.1 Å². The smallest absolute Gasteiger partial charge is 0.252 e. The van der Waals surface area contributed by atoms with E-state index >= 15 is 0 Å². The third-order valence-corrected chi connectivity index (χ3v) is 9.31. The molecule has 2 aliphatic rings. The van der Waals surface area contributed by atoms with Crippen molar-refractivity contribution in [1.29, 1.82) is 0 Å². The summed E-state index contributed by atoms with van der Waals surface area (Å²) < 4.78 is 33.4. The van der Waals surface area contributed by atoms with Crippen LogP contribution in [0.15, 0.2) is 40.6 Å². The number of halogens is 1. The van der Waals surface area contributed by atoms with Crippen molar-refractivity contribution in [2.45, 2.75) is 10.8 Å². The zero-order valence-electron chi connectivity index (χ0n) is 15.5. The van der Waals surface area contributed by atoms with Crippen molar-refractivity contribution < 1.29 is 18.3 Å². The van der Waals surface area contributed by atoms with Gasteiger partial charge in [-0.2, -0.15) is 4.31 Å². The summed E-state index contributed by atoms with van der Waals surface area (Å²) in [6.07, 6.45) is 0. The van der Waals surface area contributed by atoms with E-state index in [0.717, 1.165) is 35.7 Å². The fourth-order valence-corrected chi connectivity index (χ4v) is 7.58. The molecule has 1 N–H and O–H groups in total. The van der Waals surface area contributed by atoms with Crippen LogP contribution in [0.4, 0.5) is 0 Å². The summed E-state index contributed by atoms with van der Waals surface area (Å²) in [4.78, 5) is 2.29. The minimum atomic E-state index is -3.57. The van der Waals surface area contributed by atoms with Crippen LogP contribution in [0.5, 0.6) is 5.75 Å². The molecule has 4 rings (SSSR count). The highest BCUT2D eigenvalue weighted by atomic mass is 35.5. The minimum Gasteiger partial charge on any atom is -0.497 e. The number of sulfonamides is 1. The van der Waals surface area contributed by atoms with E-state index in [1.54, 1.807) is 19.2 Å². The number of benzene rings is 1. The molecule has 0 bridgehead atoms. The standard InChI is InChI=1S/C19H23ClN2O4S2/c1-26-16-4-2-3-14(7-16)8-21-9-15-10-22(12-19(15,11-21)13-23)28(24,25)18-6-5-17(20)27-18/h2-7,15,23H,8-13H2,1H3. The highest BCUT2D eigenvalue weighted by molar-refractivity contribution is 7.91. The second kappa shape index (κ2) is 7.59. The van der Waals surface area contributed by atoms with E-state index in [1.165, 1.54) is 4.31 Å². The zero-order chi connectivity index (χ0) is 19.9. The van der Waals surface area contributed by atoms with Gasteiger partial charge in [-0.1, -0.05) is 23.7 Å². The third-order valence-electron chi connectivity index (χ3n) is 5.80. The zero-order valence-corrected chi connectivity index (χ0v) is 17.9. The molecule has 2 aliphatic heterocycles. The number of thiophene rings is 1. The molecule has 0 radical (unpaired) electrons. The summed E-state index contributed by atoms with van der Waals surface area (Å²) >= 11 is 6.99.